The number of aromatic nitrogens is 4. The van der Waals surface area contributed by atoms with Gasteiger partial charge in [-0.2, -0.15) is 4.52 Å². The molecule has 0 bridgehead atoms. The highest BCUT2D eigenvalue weighted by Crippen LogP contribution is 2.29. The van der Waals surface area contributed by atoms with Crippen LogP contribution in [0.15, 0.2) is 66.7 Å². The molecule has 0 aliphatic heterocycles. The Morgan fingerprint density at radius 1 is 0.967 bits per heavy atom. The topological polar surface area (TPSA) is 55.1 Å². The van der Waals surface area contributed by atoms with Gasteiger partial charge in [-0.1, -0.05) is 58.7 Å². The molecule has 5 nitrogen and oxygen atoms in total. The monoisotopic (exact) mass is 437 g/mol. The summed E-state index contributed by atoms with van der Waals surface area (Å²) in [6.07, 6.45) is 0. The first-order valence-corrected chi connectivity index (χ1v) is 9.93. The van der Waals surface area contributed by atoms with Gasteiger partial charge in [-0.3, -0.25) is 0 Å². The van der Waals surface area contributed by atoms with E-state index in [2.05, 4.69) is 15.6 Å². The molecule has 0 saturated heterocycles. The maximum absolute atomic E-state index is 13.5. The van der Waals surface area contributed by atoms with Crippen molar-refractivity contribution in [3.05, 3.63) is 88.2 Å². The van der Waals surface area contributed by atoms with E-state index in [1.807, 2.05) is 42.5 Å². The largest absolute Gasteiger partial charge is 0.365 e. The van der Waals surface area contributed by atoms with Crippen LogP contribution in [0, 0.1) is 5.82 Å². The van der Waals surface area contributed by atoms with Gasteiger partial charge in [0.1, 0.15) is 17.3 Å². The quantitative estimate of drug-likeness (QED) is 0.374. The highest BCUT2D eigenvalue weighted by molar-refractivity contribution is 6.31. The van der Waals surface area contributed by atoms with E-state index in [4.69, 9.17) is 28.2 Å². The fourth-order valence-electron chi connectivity index (χ4n) is 3.36. The minimum Gasteiger partial charge on any atom is -0.365 e. The average molecular weight is 438 g/mol. The predicted octanol–water partition coefficient (Wildman–Crippen LogP) is 6.00. The van der Waals surface area contributed by atoms with Gasteiger partial charge in [-0.15, -0.1) is 5.10 Å². The fourth-order valence-corrected chi connectivity index (χ4v) is 3.75. The van der Waals surface area contributed by atoms with Crippen LogP contribution in [-0.2, 0) is 6.54 Å². The van der Waals surface area contributed by atoms with Gasteiger partial charge >= 0.3 is 0 Å². The summed E-state index contributed by atoms with van der Waals surface area (Å²) in [5.74, 6) is 0.228. The molecule has 0 amide bonds. The number of nitrogens with zero attached hydrogens (tertiary/aromatic N) is 4. The van der Waals surface area contributed by atoms with Crippen LogP contribution in [0.1, 0.15) is 5.56 Å². The van der Waals surface area contributed by atoms with Crippen LogP contribution in [0.4, 0.5) is 10.2 Å². The van der Waals surface area contributed by atoms with Crippen LogP contribution < -0.4 is 5.32 Å². The van der Waals surface area contributed by atoms with Gasteiger partial charge in [0.25, 0.3) is 0 Å². The van der Waals surface area contributed by atoms with Crippen LogP contribution in [-0.4, -0.2) is 19.8 Å². The molecule has 0 unspecified atom stereocenters. The number of para-hydroxylation sites is 1. The summed E-state index contributed by atoms with van der Waals surface area (Å²) in [5.41, 5.74) is 3.78. The second-order valence-electron chi connectivity index (χ2n) is 6.76. The van der Waals surface area contributed by atoms with Gasteiger partial charge in [-0.25, -0.2) is 9.37 Å². The van der Waals surface area contributed by atoms with Gasteiger partial charge < -0.3 is 5.32 Å². The Morgan fingerprint density at radius 3 is 2.67 bits per heavy atom. The Balaban J connectivity index is 1.62. The minimum atomic E-state index is -0.443. The molecule has 0 saturated carbocycles. The lowest BCUT2D eigenvalue weighted by atomic mass is 10.1. The highest BCUT2D eigenvalue weighted by atomic mass is 35.5. The molecule has 3 aromatic carbocycles. The van der Waals surface area contributed by atoms with Crippen LogP contribution in [0.25, 0.3) is 27.8 Å². The van der Waals surface area contributed by atoms with E-state index >= 15 is 0 Å². The van der Waals surface area contributed by atoms with Gasteiger partial charge in [0.2, 0.25) is 0 Å². The number of hydrogen-bond acceptors (Lipinski definition) is 4. The molecule has 2 heterocycles. The number of rotatable bonds is 4. The van der Waals surface area contributed by atoms with E-state index in [1.165, 1.54) is 6.07 Å². The first-order valence-electron chi connectivity index (χ1n) is 9.18. The molecular formula is C22H14Cl2FN5. The number of nitrogens with one attached hydrogen (secondary N) is 1. The van der Waals surface area contributed by atoms with Crippen LogP contribution in [0.3, 0.4) is 0 Å². The SMILES string of the molecule is Fc1ccc(CNc2nc3c(-c4cccc(Cl)c4)nnn3c3ccccc23)cc1Cl. The Labute approximate surface area is 181 Å². The lowest BCUT2D eigenvalue weighted by Gasteiger charge is -2.11. The molecule has 0 radical (unpaired) electrons. The summed E-state index contributed by atoms with van der Waals surface area (Å²) in [7, 11) is 0. The summed E-state index contributed by atoms with van der Waals surface area (Å²) in [6, 6.07) is 19.8. The number of anilines is 1. The lowest BCUT2D eigenvalue weighted by molar-refractivity contribution is 0.627. The molecule has 0 aliphatic carbocycles. The number of halogens is 3. The second-order valence-corrected chi connectivity index (χ2v) is 7.61. The van der Waals surface area contributed by atoms with E-state index in [0.717, 1.165) is 22.0 Å². The van der Waals surface area contributed by atoms with Crippen LogP contribution in [0.2, 0.25) is 10.0 Å². The lowest BCUT2D eigenvalue weighted by Crippen LogP contribution is -2.05. The Bertz CT molecular complexity index is 1400. The summed E-state index contributed by atoms with van der Waals surface area (Å²) in [4.78, 5) is 4.80. The molecule has 0 aliphatic rings. The third kappa shape index (κ3) is 3.34. The first kappa shape index (κ1) is 18.8. The number of benzene rings is 3. The van der Waals surface area contributed by atoms with Gasteiger partial charge in [0.15, 0.2) is 5.65 Å². The van der Waals surface area contributed by atoms with Crippen molar-refractivity contribution in [2.45, 2.75) is 6.54 Å². The molecule has 30 heavy (non-hydrogen) atoms. The molecule has 0 spiro atoms. The molecule has 0 fully saturated rings. The third-order valence-electron chi connectivity index (χ3n) is 4.79. The van der Waals surface area contributed by atoms with E-state index in [-0.39, 0.29) is 5.02 Å². The van der Waals surface area contributed by atoms with E-state index in [9.17, 15) is 4.39 Å². The normalized spacial score (nSPS) is 11.3. The molecular weight excluding hydrogens is 424 g/mol. The molecule has 5 rings (SSSR count). The van der Waals surface area contributed by atoms with Gasteiger partial charge in [0, 0.05) is 22.5 Å². The Morgan fingerprint density at radius 2 is 1.83 bits per heavy atom. The summed E-state index contributed by atoms with van der Waals surface area (Å²) in [5, 5.41) is 13.6. The zero-order valence-corrected chi connectivity index (χ0v) is 17.0. The van der Waals surface area contributed by atoms with Crippen molar-refractivity contribution >= 4 is 45.6 Å². The summed E-state index contributed by atoms with van der Waals surface area (Å²) in [6.45, 7) is 0.432. The second kappa shape index (κ2) is 7.55. The first-order chi connectivity index (χ1) is 14.6. The van der Waals surface area contributed by atoms with E-state index < -0.39 is 5.82 Å². The maximum atomic E-state index is 13.5. The van der Waals surface area contributed by atoms with Gasteiger partial charge in [-0.05, 0) is 42.0 Å². The number of fused-ring (bicyclic) bond motifs is 3. The fraction of sp³-hybridized carbons (Fsp3) is 0.0455. The van der Waals surface area contributed by atoms with Crippen molar-refractivity contribution in [3.63, 3.8) is 0 Å². The number of hydrogen-bond donors (Lipinski definition) is 1. The van der Waals surface area contributed by atoms with Crippen molar-refractivity contribution in [1.82, 2.24) is 19.8 Å². The molecule has 0 atom stereocenters. The smallest absolute Gasteiger partial charge is 0.186 e. The summed E-state index contributed by atoms with van der Waals surface area (Å²) < 4.78 is 15.2. The van der Waals surface area contributed by atoms with Crippen molar-refractivity contribution in [1.29, 1.82) is 0 Å². The van der Waals surface area contributed by atoms with Crippen molar-refractivity contribution in [2.24, 2.45) is 0 Å². The van der Waals surface area contributed by atoms with Gasteiger partial charge in [0.05, 0.1) is 10.5 Å². The predicted molar refractivity (Wildman–Crippen MR) is 117 cm³/mol. The highest BCUT2D eigenvalue weighted by Gasteiger charge is 2.16. The minimum absolute atomic E-state index is 0.0887. The van der Waals surface area contributed by atoms with Crippen molar-refractivity contribution in [3.8, 4) is 11.3 Å². The molecule has 5 aromatic rings. The zero-order chi connectivity index (χ0) is 20.7. The van der Waals surface area contributed by atoms with Crippen molar-refractivity contribution in [2.75, 3.05) is 5.32 Å². The molecule has 2 aromatic heterocycles. The third-order valence-corrected chi connectivity index (χ3v) is 5.32. The van der Waals surface area contributed by atoms with Crippen LogP contribution >= 0.6 is 23.2 Å². The Kier molecular flexibility index (Phi) is 4.73. The van der Waals surface area contributed by atoms with E-state index in [1.54, 1.807) is 22.7 Å². The average Bonchev–Trinajstić information content (AvgIpc) is 3.18. The van der Waals surface area contributed by atoms with Crippen molar-refractivity contribution < 1.29 is 4.39 Å². The zero-order valence-electron chi connectivity index (χ0n) is 15.5. The maximum Gasteiger partial charge on any atom is 0.186 e. The standard InChI is InChI=1S/C22H14Cl2FN5/c23-15-5-3-4-14(11-15)20-22-27-21(26-12-13-8-9-18(25)17(24)10-13)16-6-1-2-7-19(16)30(22)29-28-20/h1-11H,12H2,(H,26,27). The summed E-state index contributed by atoms with van der Waals surface area (Å²) >= 11 is 12.1. The van der Waals surface area contributed by atoms with Crippen LogP contribution in [0.5, 0.6) is 0 Å². The molecule has 8 heteroatoms. The molecule has 1 N–H and O–H groups in total. The molecule has 148 valence electrons. The Hall–Kier alpha value is -3.22. The van der Waals surface area contributed by atoms with E-state index in [0.29, 0.717) is 28.7 Å².